The third-order valence-electron chi connectivity index (χ3n) is 5.52. The van der Waals surface area contributed by atoms with Crippen molar-refractivity contribution < 1.29 is 5.11 Å². The van der Waals surface area contributed by atoms with Gasteiger partial charge in [-0.05, 0) is 41.5 Å². The summed E-state index contributed by atoms with van der Waals surface area (Å²) in [7, 11) is 0. The Kier molecular flexibility index (Phi) is 6.08. The molecular formula is C25H16Cl3N3OS. The molecule has 0 bridgehead atoms. The highest BCUT2D eigenvalue weighted by Crippen LogP contribution is 2.41. The Labute approximate surface area is 209 Å². The van der Waals surface area contributed by atoms with Gasteiger partial charge in [-0.3, -0.25) is 9.97 Å². The summed E-state index contributed by atoms with van der Waals surface area (Å²) in [5.74, 6) is 0. The lowest BCUT2D eigenvalue weighted by Gasteiger charge is -2.28. The second kappa shape index (κ2) is 9.01. The zero-order valence-corrected chi connectivity index (χ0v) is 20.1. The van der Waals surface area contributed by atoms with Crippen LogP contribution in [0.15, 0.2) is 78.7 Å². The summed E-state index contributed by atoms with van der Waals surface area (Å²) in [6.45, 7) is 0. The van der Waals surface area contributed by atoms with Crippen LogP contribution in [0.3, 0.4) is 0 Å². The molecule has 0 aliphatic carbocycles. The fraction of sp³-hybridized carbons (Fsp3) is 0.0800. The maximum absolute atomic E-state index is 12.0. The number of thiazole rings is 1. The van der Waals surface area contributed by atoms with Gasteiger partial charge in [0, 0.05) is 46.5 Å². The fourth-order valence-electron chi connectivity index (χ4n) is 3.88. The molecule has 164 valence electrons. The van der Waals surface area contributed by atoms with Gasteiger partial charge in [0.15, 0.2) is 5.60 Å². The van der Waals surface area contributed by atoms with Gasteiger partial charge in [0.1, 0.15) is 5.15 Å². The van der Waals surface area contributed by atoms with E-state index in [0.29, 0.717) is 54.1 Å². The number of hydrogen-bond donors (Lipinski definition) is 1. The summed E-state index contributed by atoms with van der Waals surface area (Å²) in [4.78, 5) is 13.6. The first kappa shape index (κ1) is 22.3. The van der Waals surface area contributed by atoms with E-state index in [9.17, 15) is 5.11 Å². The van der Waals surface area contributed by atoms with Crippen LogP contribution in [0.1, 0.15) is 27.1 Å². The monoisotopic (exact) mass is 511 g/mol. The summed E-state index contributed by atoms with van der Waals surface area (Å²) in [6, 6.07) is 16.7. The molecule has 3 aromatic heterocycles. The quantitative estimate of drug-likeness (QED) is 0.260. The Morgan fingerprint density at radius 1 is 0.909 bits per heavy atom. The van der Waals surface area contributed by atoms with Crippen LogP contribution in [0.2, 0.25) is 15.2 Å². The van der Waals surface area contributed by atoms with Crippen LogP contribution in [0, 0.1) is 0 Å². The molecular weight excluding hydrogens is 497 g/mol. The number of aromatic nitrogens is 3. The van der Waals surface area contributed by atoms with Gasteiger partial charge in [-0.1, -0.05) is 59.1 Å². The van der Waals surface area contributed by atoms with Crippen molar-refractivity contribution in [2.24, 2.45) is 0 Å². The van der Waals surface area contributed by atoms with Crippen molar-refractivity contribution in [3.63, 3.8) is 0 Å². The minimum atomic E-state index is -1.44. The van der Waals surface area contributed by atoms with Crippen LogP contribution in [-0.2, 0) is 12.0 Å². The van der Waals surface area contributed by atoms with Crippen molar-refractivity contribution in [1.29, 1.82) is 0 Å². The normalized spacial score (nSPS) is 13.2. The predicted molar refractivity (Wildman–Crippen MR) is 134 cm³/mol. The van der Waals surface area contributed by atoms with Crippen LogP contribution >= 0.6 is 46.1 Å². The van der Waals surface area contributed by atoms with E-state index in [2.05, 4.69) is 15.0 Å². The topological polar surface area (TPSA) is 58.9 Å². The van der Waals surface area contributed by atoms with Crippen LogP contribution in [-0.4, -0.2) is 20.1 Å². The third kappa shape index (κ3) is 4.12. The highest BCUT2D eigenvalue weighted by Gasteiger charge is 2.36. The smallest absolute Gasteiger partial charge is 0.152 e. The summed E-state index contributed by atoms with van der Waals surface area (Å²) < 4.78 is 0. The Morgan fingerprint density at radius 3 is 2.52 bits per heavy atom. The molecule has 5 aromatic rings. The summed E-state index contributed by atoms with van der Waals surface area (Å²) in [6.07, 6.45) is 5.46. The van der Waals surface area contributed by atoms with Crippen molar-refractivity contribution in [1.82, 2.24) is 15.0 Å². The molecule has 5 rings (SSSR count). The molecule has 0 saturated carbocycles. The zero-order valence-electron chi connectivity index (χ0n) is 17.0. The second-order valence-corrected chi connectivity index (χ2v) is 9.61. The van der Waals surface area contributed by atoms with E-state index in [1.165, 1.54) is 11.3 Å². The highest BCUT2D eigenvalue weighted by molar-refractivity contribution is 7.09. The van der Waals surface area contributed by atoms with Gasteiger partial charge in [-0.15, -0.1) is 11.3 Å². The molecule has 2 aromatic carbocycles. The molecule has 4 nitrogen and oxygen atoms in total. The molecule has 3 heterocycles. The molecule has 33 heavy (non-hydrogen) atoms. The molecule has 1 atom stereocenters. The van der Waals surface area contributed by atoms with E-state index in [1.54, 1.807) is 30.2 Å². The van der Waals surface area contributed by atoms with Gasteiger partial charge < -0.3 is 5.11 Å². The Balaban J connectivity index is 1.68. The molecule has 0 fully saturated rings. The predicted octanol–water partition coefficient (Wildman–Crippen LogP) is 6.92. The van der Waals surface area contributed by atoms with E-state index in [4.69, 9.17) is 34.8 Å². The van der Waals surface area contributed by atoms with Crippen LogP contribution in [0.25, 0.3) is 10.9 Å². The maximum Gasteiger partial charge on any atom is 0.152 e. The molecule has 0 saturated heterocycles. The average Bonchev–Trinajstić information content (AvgIpc) is 3.37. The van der Waals surface area contributed by atoms with Crippen molar-refractivity contribution in [3.8, 4) is 0 Å². The second-order valence-electron chi connectivity index (χ2n) is 7.55. The molecule has 0 radical (unpaired) electrons. The standard InChI is InChI=1S/C25H16Cl3N3OS/c26-18-5-1-3-15(9-18)10-20-23(27)19-11-16(6-7-21(19)31-24(20)28)25(32,22-13-30-14-33-22)17-4-2-8-29-12-17/h1-9,11-14,32H,10H2. The molecule has 1 N–H and O–H groups in total. The molecule has 0 aliphatic rings. The van der Waals surface area contributed by atoms with Crippen molar-refractivity contribution in [2.75, 3.05) is 0 Å². The van der Waals surface area contributed by atoms with Gasteiger partial charge >= 0.3 is 0 Å². The molecule has 0 spiro atoms. The van der Waals surface area contributed by atoms with E-state index in [1.807, 2.05) is 48.5 Å². The first-order valence-electron chi connectivity index (χ1n) is 10.0. The molecule has 8 heteroatoms. The zero-order chi connectivity index (χ0) is 23.0. The van der Waals surface area contributed by atoms with Gasteiger partial charge in [-0.2, -0.15) is 0 Å². The SMILES string of the molecule is OC(c1cccnc1)(c1ccc2nc(Cl)c(Cc3cccc(Cl)c3)c(Cl)c2c1)c1cncs1. The third-order valence-corrected chi connectivity index (χ3v) is 7.38. The van der Waals surface area contributed by atoms with Gasteiger partial charge in [-0.25, -0.2) is 4.98 Å². The van der Waals surface area contributed by atoms with E-state index in [0.717, 1.165) is 5.56 Å². The van der Waals surface area contributed by atoms with E-state index >= 15 is 0 Å². The van der Waals surface area contributed by atoms with Crippen LogP contribution in [0.5, 0.6) is 0 Å². The van der Waals surface area contributed by atoms with Crippen molar-refractivity contribution in [2.45, 2.75) is 12.0 Å². The number of halogens is 3. The molecule has 1 unspecified atom stereocenters. The van der Waals surface area contributed by atoms with Crippen molar-refractivity contribution in [3.05, 3.63) is 121 Å². The summed E-state index contributed by atoms with van der Waals surface area (Å²) >= 11 is 20.9. The number of rotatable bonds is 5. The maximum atomic E-state index is 12.0. The molecule has 0 aliphatic heterocycles. The van der Waals surface area contributed by atoms with Crippen LogP contribution < -0.4 is 0 Å². The lowest BCUT2D eigenvalue weighted by Crippen LogP contribution is -2.28. The van der Waals surface area contributed by atoms with E-state index < -0.39 is 5.60 Å². The number of hydrogen-bond acceptors (Lipinski definition) is 5. The Bertz CT molecular complexity index is 1440. The number of benzene rings is 2. The van der Waals surface area contributed by atoms with E-state index in [-0.39, 0.29) is 0 Å². The molecule has 0 amide bonds. The Hall–Kier alpha value is -2.54. The van der Waals surface area contributed by atoms with Crippen LogP contribution in [0.4, 0.5) is 0 Å². The van der Waals surface area contributed by atoms with Gasteiger partial charge in [0.25, 0.3) is 0 Å². The van der Waals surface area contributed by atoms with Crippen molar-refractivity contribution >= 4 is 57.0 Å². The average molecular weight is 513 g/mol. The number of fused-ring (bicyclic) bond motifs is 1. The fourth-order valence-corrected chi connectivity index (χ4v) is 5.47. The highest BCUT2D eigenvalue weighted by atomic mass is 35.5. The number of pyridine rings is 2. The van der Waals surface area contributed by atoms with Gasteiger partial charge in [0.05, 0.1) is 20.9 Å². The Morgan fingerprint density at radius 2 is 1.79 bits per heavy atom. The lowest BCUT2D eigenvalue weighted by atomic mass is 9.85. The first-order chi connectivity index (χ1) is 16.0. The summed E-state index contributed by atoms with van der Waals surface area (Å²) in [5.41, 5.74) is 3.82. The largest absolute Gasteiger partial charge is 0.375 e. The number of aliphatic hydroxyl groups is 1. The summed E-state index contributed by atoms with van der Waals surface area (Å²) in [5, 5.41) is 14.1. The van der Waals surface area contributed by atoms with Gasteiger partial charge in [0.2, 0.25) is 0 Å². The minimum absolute atomic E-state index is 0.338. The number of nitrogens with zero attached hydrogens (tertiary/aromatic N) is 3. The minimum Gasteiger partial charge on any atom is -0.375 e. The lowest BCUT2D eigenvalue weighted by molar-refractivity contribution is 0.129. The first-order valence-corrected chi connectivity index (χ1v) is 12.0.